The minimum absolute atomic E-state index is 0.252. The van der Waals surface area contributed by atoms with Crippen LogP contribution in [-0.4, -0.2) is 20.8 Å². The van der Waals surface area contributed by atoms with Crippen molar-refractivity contribution in [1.29, 1.82) is 0 Å². The van der Waals surface area contributed by atoms with Crippen molar-refractivity contribution in [2.75, 3.05) is 5.32 Å². The van der Waals surface area contributed by atoms with Gasteiger partial charge in [-0.25, -0.2) is 0 Å². The molecule has 0 saturated heterocycles. The number of thiocarbonyl (C=S) groups is 1. The Bertz CT molecular complexity index is 1030. The van der Waals surface area contributed by atoms with E-state index in [1.807, 2.05) is 49.0 Å². The topological polar surface area (TPSA) is 59.0 Å². The summed E-state index contributed by atoms with van der Waals surface area (Å²) in [6.45, 7) is 4.11. The standard InChI is InChI=1S/C21H21BrN4OS/c1-13-19(14(2)26(3)25-13)11-15-7-9-18(10-8-15)23-21(28)24-20(27)16-5-4-6-17(22)12-16/h4-10,12H,11H2,1-3H3,(H2,23,24,27,28). The zero-order valence-electron chi connectivity index (χ0n) is 15.9. The summed E-state index contributed by atoms with van der Waals surface area (Å²) in [6.07, 6.45) is 0.829. The maximum atomic E-state index is 12.3. The number of aryl methyl sites for hydroxylation is 2. The summed E-state index contributed by atoms with van der Waals surface area (Å²) in [5.41, 5.74) is 6.03. The minimum atomic E-state index is -0.252. The molecule has 144 valence electrons. The average molecular weight is 457 g/mol. The van der Waals surface area contributed by atoms with Crippen molar-refractivity contribution >= 4 is 44.9 Å². The zero-order valence-corrected chi connectivity index (χ0v) is 18.3. The second-order valence-corrected chi connectivity index (χ2v) is 7.89. The Kier molecular flexibility index (Phi) is 6.26. The van der Waals surface area contributed by atoms with Crippen LogP contribution in [0.2, 0.25) is 0 Å². The van der Waals surface area contributed by atoms with Crippen molar-refractivity contribution in [3.63, 3.8) is 0 Å². The summed E-state index contributed by atoms with van der Waals surface area (Å²) in [4.78, 5) is 12.3. The number of carbonyl (C=O) groups is 1. The smallest absolute Gasteiger partial charge is 0.257 e. The van der Waals surface area contributed by atoms with Gasteiger partial charge in [-0.05, 0) is 62.0 Å². The molecule has 0 fully saturated rings. The Morgan fingerprint density at radius 3 is 2.50 bits per heavy atom. The number of amides is 1. The van der Waals surface area contributed by atoms with Crippen LogP contribution in [0.25, 0.3) is 0 Å². The van der Waals surface area contributed by atoms with E-state index in [4.69, 9.17) is 12.2 Å². The molecule has 2 N–H and O–H groups in total. The van der Waals surface area contributed by atoms with Gasteiger partial charge in [0.15, 0.2) is 5.11 Å². The van der Waals surface area contributed by atoms with Gasteiger partial charge in [0.05, 0.1) is 5.69 Å². The van der Waals surface area contributed by atoms with Crippen LogP contribution in [0.5, 0.6) is 0 Å². The minimum Gasteiger partial charge on any atom is -0.332 e. The predicted molar refractivity (Wildman–Crippen MR) is 120 cm³/mol. The van der Waals surface area contributed by atoms with Crippen molar-refractivity contribution in [3.05, 3.63) is 81.1 Å². The molecule has 0 aliphatic rings. The first-order valence-corrected chi connectivity index (χ1v) is 9.99. The zero-order chi connectivity index (χ0) is 20.3. The lowest BCUT2D eigenvalue weighted by Gasteiger charge is -2.10. The Labute approximate surface area is 178 Å². The van der Waals surface area contributed by atoms with Gasteiger partial charge < -0.3 is 5.32 Å². The molecular formula is C21H21BrN4OS. The second kappa shape index (κ2) is 8.67. The van der Waals surface area contributed by atoms with Gasteiger partial charge in [-0.2, -0.15) is 5.10 Å². The molecule has 28 heavy (non-hydrogen) atoms. The first kappa shape index (κ1) is 20.2. The van der Waals surface area contributed by atoms with Gasteiger partial charge in [-0.3, -0.25) is 14.8 Å². The Morgan fingerprint density at radius 2 is 1.89 bits per heavy atom. The van der Waals surface area contributed by atoms with Crippen molar-refractivity contribution in [2.24, 2.45) is 7.05 Å². The predicted octanol–water partition coefficient (Wildman–Crippen LogP) is 4.52. The monoisotopic (exact) mass is 456 g/mol. The highest BCUT2D eigenvalue weighted by Crippen LogP contribution is 2.19. The Balaban J connectivity index is 1.60. The van der Waals surface area contributed by atoms with Gasteiger partial charge >= 0.3 is 0 Å². The van der Waals surface area contributed by atoms with Crippen molar-refractivity contribution in [2.45, 2.75) is 20.3 Å². The summed E-state index contributed by atoms with van der Waals surface area (Å²) in [5.74, 6) is -0.252. The van der Waals surface area contributed by atoms with E-state index in [2.05, 4.69) is 38.6 Å². The van der Waals surface area contributed by atoms with E-state index in [0.717, 1.165) is 22.3 Å². The number of carbonyl (C=O) groups excluding carboxylic acids is 1. The van der Waals surface area contributed by atoms with E-state index in [-0.39, 0.29) is 11.0 Å². The third-order valence-electron chi connectivity index (χ3n) is 4.57. The third-order valence-corrected chi connectivity index (χ3v) is 5.26. The third kappa shape index (κ3) is 4.85. The molecule has 2 aromatic carbocycles. The van der Waals surface area contributed by atoms with Crippen LogP contribution in [0.15, 0.2) is 53.0 Å². The highest BCUT2D eigenvalue weighted by molar-refractivity contribution is 9.10. The molecule has 1 heterocycles. The van der Waals surface area contributed by atoms with Gasteiger partial charge in [0.2, 0.25) is 0 Å². The molecule has 1 aromatic heterocycles. The fraction of sp³-hybridized carbons (Fsp3) is 0.190. The SMILES string of the molecule is Cc1nn(C)c(C)c1Cc1ccc(NC(=S)NC(=O)c2cccc(Br)c2)cc1. The van der Waals surface area contributed by atoms with Crippen molar-refractivity contribution in [1.82, 2.24) is 15.1 Å². The summed E-state index contributed by atoms with van der Waals surface area (Å²) < 4.78 is 2.75. The van der Waals surface area contributed by atoms with Gasteiger partial charge in [0.25, 0.3) is 5.91 Å². The molecule has 0 aliphatic carbocycles. The maximum Gasteiger partial charge on any atom is 0.257 e. The van der Waals surface area contributed by atoms with Gasteiger partial charge in [0, 0.05) is 40.4 Å². The van der Waals surface area contributed by atoms with E-state index >= 15 is 0 Å². The van der Waals surface area contributed by atoms with Gasteiger partial charge in [0.1, 0.15) is 0 Å². The van der Waals surface area contributed by atoms with E-state index in [1.54, 1.807) is 18.2 Å². The first-order chi connectivity index (χ1) is 13.3. The number of anilines is 1. The van der Waals surface area contributed by atoms with E-state index in [0.29, 0.717) is 5.56 Å². The molecule has 0 radical (unpaired) electrons. The van der Waals surface area contributed by atoms with Crippen LogP contribution in [0.3, 0.4) is 0 Å². The van der Waals surface area contributed by atoms with Crippen molar-refractivity contribution in [3.8, 4) is 0 Å². The van der Waals surface area contributed by atoms with Crippen LogP contribution in [0, 0.1) is 13.8 Å². The number of nitrogens with one attached hydrogen (secondary N) is 2. The second-order valence-electron chi connectivity index (χ2n) is 6.57. The normalized spacial score (nSPS) is 10.6. The lowest BCUT2D eigenvalue weighted by atomic mass is 10.0. The molecule has 0 atom stereocenters. The number of hydrogen-bond acceptors (Lipinski definition) is 3. The van der Waals surface area contributed by atoms with Gasteiger partial charge in [-0.1, -0.05) is 34.1 Å². The molecule has 1 amide bonds. The maximum absolute atomic E-state index is 12.3. The lowest BCUT2D eigenvalue weighted by Crippen LogP contribution is -2.34. The molecule has 5 nitrogen and oxygen atoms in total. The van der Waals surface area contributed by atoms with Crippen LogP contribution < -0.4 is 10.6 Å². The summed E-state index contributed by atoms with van der Waals surface area (Å²) in [7, 11) is 1.96. The molecule has 3 rings (SSSR count). The summed E-state index contributed by atoms with van der Waals surface area (Å²) >= 11 is 8.61. The number of halogens is 1. The number of aromatic nitrogens is 2. The molecule has 0 bridgehead atoms. The average Bonchev–Trinajstić information content (AvgIpc) is 2.89. The first-order valence-electron chi connectivity index (χ1n) is 8.79. The summed E-state index contributed by atoms with van der Waals surface area (Å²) in [6, 6.07) is 15.2. The molecule has 0 spiro atoms. The largest absolute Gasteiger partial charge is 0.332 e. The molecule has 3 aromatic rings. The van der Waals surface area contributed by atoms with E-state index in [1.165, 1.54) is 16.8 Å². The van der Waals surface area contributed by atoms with Crippen LogP contribution in [0.1, 0.15) is 32.9 Å². The Morgan fingerprint density at radius 1 is 1.18 bits per heavy atom. The highest BCUT2D eigenvalue weighted by Gasteiger charge is 2.11. The number of hydrogen-bond donors (Lipinski definition) is 2. The highest BCUT2D eigenvalue weighted by atomic mass is 79.9. The van der Waals surface area contributed by atoms with Crippen molar-refractivity contribution < 1.29 is 4.79 Å². The van der Waals surface area contributed by atoms with Gasteiger partial charge in [-0.15, -0.1) is 0 Å². The quantitative estimate of drug-likeness (QED) is 0.566. The molecule has 0 aliphatic heterocycles. The molecular weight excluding hydrogens is 436 g/mol. The van der Waals surface area contributed by atoms with E-state index in [9.17, 15) is 4.79 Å². The Hall–Kier alpha value is -2.51. The lowest BCUT2D eigenvalue weighted by molar-refractivity contribution is 0.0977. The number of benzene rings is 2. The van der Waals surface area contributed by atoms with Crippen LogP contribution in [-0.2, 0) is 13.5 Å². The fourth-order valence-corrected chi connectivity index (χ4v) is 3.56. The fourth-order valence-electron chi connectivity index (χ4n) is 2.95. The van der Waals surface area contributed by atoms with Crippen LogP contribution >= 0.6 is 28.1 Å². The van der Waals surface area contributed by atoms with E-state index < -0.39 is 0 Å². The number of rotatable bonds is 4. The number of nitrogens with zero attached hydrogens (tertiary/aromatic N) is 2. The molecule has 7 heteroatoms. The summed E-state index contributed by atoms with van der Waals surface area (Å²) in [5, 5.41) is 10.5. The molecule has 0 unspecified atom stereocenters. The molecule has 0 saturated carbocycles. The van der Waals surface area contributed by atoms with Crippen LogP contribution in [0.4, 0.5) is 5.69 Å².